The van der Waals surface area contributed by atoms with Crippen molar-refractivity contribution in [3.05, 3.63) is 6.08 Å². The predicted molar refractivity (Wildman–Crippen MR) is 50.3 cm³/mol. The third-order valence-electron chi connectivity index (χ3n) is 1.67. The first kappa shape index (κ1) is 10.4. The van der Waals surface area contributed by atoms with Crippen LogP contribution in [-0.2, 0) is 0 Å². The molecule has 0 aromatic rings. The van der Waals surface area contributed by atoms with Crippen LogP contribution in [0.15, 0.2) is 11.1 Å². The zero-order valence-electron chi connectivity index (χ0n) is 7.72. The lowest BCUT2D eigenvalue weighted by Crippen LogP contribution is -2.23. The Kier molecular flexibility index (Phi) is 7.11. The van der Waals surface area contributed by atoms with E-state index < -0.39 is 0 Å². The largest absolute Gasteiger partial charge is 0.317 e. The lowest BCUT2D eigenvalue weighted by atomic mass is 10.1. The highest BCUT2D eigenvalue weighted by Crippen LogP contribution is 2.00. The van der Waals surface area contributed by atoms with E-state index in [1.165, 1.54) is 12.8 Å². The molecule has 0 fully saturated rings. The smallest absolute Gasteiger partial charge is 0.0372 e. The van der Waals surface area contributed by atoms with Crippen LogP contribution in [0.3, 0.4) is 0 Å². The van der Waals surface area contributed by atoms with Crippen molar-refractivity contribution in [2.75, 3.05) is 14.1 Å². The van der Waals surface area contributed by atoms with Crippen LogP contribution in [0.1, 0.15) is 26.2 Å². The van der Waals surface area contributed by atoms with Gasteiger partial charge < -0.3 is 5.32 Å². The Morgan fingerprint density at radius 2 is 2.36 bits per heavy atom. The second-order valence-electron chi connectivity index (χ2n) is 2.57. The molecule has 0 saturated heterocycles. The molecule has 0 aromatic heterocycles. The van der Waals surface area contributed by atoms with E-state index in [1.807, 2.05) is 13.1 Å². The average molecular weight is 154 g/mol. The van der Waals surface area contributed by atoms with E-state index in [-0.39, 0.29) is 0 Å². The van der Waals surface area contributed by atoms with Crippen molar-refractivity contribution < 1.29 is 0 Å². The van der Waals surface area contributed by atoms with Gasteiger partial charge in [-0.3, -0.25) is 0 Å². The van der Waals surface area contributed by atoms with Crippen molar-refractivity contribution in [1.29, 1.82) is 0 Å². The molecule has 0 spiro atoms. The second-order valence-corrected chi connectivity index (χ2v) is 2.57. The van der Waals surface area contributed by atoms with E-state index in [4.69, 9.17) is 0 Å². The highest BCUT2D eigenvalue weighted by atomic mass is 14.9. The first-order valence-corrected chi connectivity index (χ1v) is 4.18. The van der Waals surface area contributed by atoms with Crippen molar-refractivity contribution >= 4 is 5.87 Å². The zero-order chi connectivity index (χ0) is 8.53. The Labute approximate surface area is 69.4 Å². The fraction of sp³-hybridized carbons (Fsp3) is 0.778. The van der Waals surface area contributed by atoms with E-state index in [2.05, 4.69) is 23.1 Å². The first-order chi connectivity index (χ1) is 5.35. The Balaban J connectivity index is 3.59. The standard InChI is InChI=1S/C9H18N2/c1-4-6-9(11-3)7-5-8-10-2/h5,9,11H,4,6-7H2,1-3H3. The van der Waals surface area contributed by atoms with Gasteiger partial charge in [-0.25, -0.2) is 4.99 Å². The lowest BCUT2D eigenvalue weighted by molar-refractivity contribution is 0.522. The summed E-state index contributed by atoms with van der Waals surface area (Å²) in [7, 11) is 3.74. The number of aliphatic imine (C=N–C) groups is 1. The highest BCUT2D eigenvalue weighted by Gasteiger charge is 1.99. The molecule has 1 N–H and O–H groups in total. The van der Waals surface area contributed by atoms with Gasteiger partial charge in [-0.2, -0.15) is 0 Å². The van der Waals surface area contributed by atoms with Crippen molar-refractivity contribution in [2.24, 2.45) is 4.99 Å². The van der Waals surface area contributed by atoms with Gasteiger partial charge in [0.15, 0.2) is 0 Å². The quantitative estimate of drug-likeness (QED) is 0.598. The maximum Gasteiger partial charge on any atom is 0.0372 e. The molecule has 0 aliphatic heterocycles. The van der Waals surface area contributed by atoms with Gasteiger partial charge in [0.25, 0.3) is 0 Å². The Hall–Kier alpha value is -0.590. The molecule has 2 nitrogen and oxygen atoms in total. The minimum Gasteiger partial charge on any atom is -0.317 e. The summed E-state index contributed by atoms with van der Waals surface area (Å²) in [4.78, 5) is 3.77. The maximum atomic E-state index is 3.77. The number of nitrogens with zero attached hydrogens (tertiary/aromatic N) is 1. The van der Waals surface area contributed by atoms with Crippen molar-refractivity contribution in [1.82, 2.24) is 5.32 Å². The summed E-state index contributed by atoms with van der Waals surface area (Å²) in [5, 5.41) is 3.25. The summed E-state index contributed by atoms with van der Waals surface area (Å²) in [5.74, 6) is 2.83. The topological polar surface area (TPSA) is 24.4 Å². The molecular weight excluding hydrogens is 136 g/mol. The monoisotopic (exact) mass is 154 g/mol. The average Bonchev–Trinajstić information content (AvgIpc) is 2.03. The van der Waals surface area contributed by atoms with E-state index in [0.29, 0.717) is 6.04 Å². The summed E-state index contributed by atoms with van der Waals surface area (Å²) in [6.07, 6.45) is 5.46. The fourth-order valence-corrected chi connectivity index (χ4v) is 1.01. The molecule has 1 unspecified atom stereocenters. The van der Waals surface area contributed by atoms with Gasteiger partial charge in [-0.05, 0) is 31.8 Å². The fourth-order valence-electron chi connectivity index (χ4n) is 1.01. The van der Waals surface area contributed by atoms with Crippen LogP contribution in [-0.4, -0.2) is 26.0 Å². The van der Waals surface area contributed by atoms with Gasteiger partial charge in [-0.1, -0.05) is 13.3 Å². The van der Waals surface area contributed by atoms with Crippen LogP contribution in [0.2, 0.25) is 0 Å². The third-order valence-corrected chi connectivity index (χ3v) is 1.67. The van der Waals surface area contributed by atoms with E-state index >= 15 is 0 Å². The number of hydrogen-bond acceptors (Lipinski definition) is 2. The molecule has 11 heavy (non-hydrogen) atoms. The van der Waals surface area contributed by atoms with Crippen LogP contribution >= 0.6 is 0 Å². The minimum atomic E-state index is 0.592. The zero-order valence-corrected chi connectivity index (χ0v) is 7.72. The Bertz CT molecular complexity index is 134. The molecule has 0 aliphatic carbocycles. The summed E-state index contributed by atoms with van der Waals surface area (Å²) < 4.78 is 0. The van der Waals surface area contributed by atoms with Crippen molar-refractivity contribution in [3.8, 4) is 0 Å². The van der Waals surface area contributed by atoms with Crippen LogP contribution < -0.4 is 5.32 Å². The van der Waals surface area contributed by atoms with E-state index in [9.17, 15) is 0 Å². The molecule has 0 bridgehead atoms. The summed E-state index contributed by atoms with van der Waals surface area (Å²) >= 11 is 0. The molecule has 0 radical (unpaired) electrons. The second kappa shape index (κ2) is 7.52. The summed E-state index contributed by atoms with van der Waals surface area (Å²) in [6, 6.07) is 0.592. The normalized spacial score (nSPS) is 11.9. The molecular formula is C9H18N2. The SMILES string of the molecule is CCCC(CC=C=NC)NC. The van der Waals surface area contributed by atoms with E-state index in [1.54, 1.807) is 7.05 Å². The minimum absolute atomic E-state index is 0.592. The van der Waals surface area contributed by atoms with Gasteiger partial charge >= 0.3 is 0 Å². The van der Waals surface area contributed by atoms with Crippen LogP contribution in [0.25, 0.3) is 0 Å². The molecule has 0 amide bonds. The number of nitrogens with one attached hydrogen (secondary N) is 1. The molecule has 0 aliphatic rings. The first-order valence-electron chi connectivity index (χ1n) is 4.18. The third kappa shape index (κ3) is 5.84. The molecule has 0 rings (SSSR count). The highest BCUT2D eigenvalue weighted by molar-refractivity contribution is 5.51. The van der Waals surface area contributed by atoms with Crippen molar-refractivity contribution in [3.63, 3.8) is 0 Å². The predicted octanol–water partition coefficient (Wildman–Crippen LogP) is 1.62. The van der Waals surface area contributed by atoms with E-state index in [0.717, 1.165) is 6.42 Å². The Morgan fingerprint density at radius 3 is 2.82 bits per heavy atom. The summed E-state index contributed by atoms with van der Waals surface area (Å²) in [5.41, 5.74) is 0. The van der Waals surface area contributed by atoms with Gasteiger partial charge in [0.05, 0.1) is 0 Å². The van der Waals surface area contributed by atoms with Gasteiger partial charge in [0, 0.05) is 13.1 Å². The summed E-state index contributed by atoms with van der Waals surface area (Å²) in [6.45, 7) is 2.20. The molecule has 0 aromatic carbocycles. The van der Waals surface area contributed by atoms with Gasteiger partial charge in [-0.15, -0.1) is 0 Å². The maximum absolute atomic E-state index is 3.77. The van der Waals surface area contributed by atoms with Crippen LogP contribution in [0, 0.1) is 0 Å². The van der Waals surface area contributed by atoms with Gasteiger partial charge in [0.1, 0.15) is 0 Å². The molecule has 0 saturated carbocycles. The van der Waals surface area contributed by atoms with Crippen LogP contribution in [0.5, 0.6) is 0 Å². The number of hydrogen-bond donors (Lipinski definition) is 1. The van der Waals surface area contributed by atoms with Gasteiger partial charge in [0.2, 0.25) is 0 Å². The van der Waals surface area contributed by atoms with Crippen molar-refractivity contribution in [2.45, 2.75) is 32.2 Å². The molecule has 64 valence electrons. The molecule has 2 heteroatoms. The van der Waals surface area contributed by atoms with Crippen LogP contribution in [0.4, 0.5) is 0 Å². The molecule has 1 atom stereocenters. The Morgan fingerprint density at radius 1 is 1.64 bits per heavy atom. The lowest BCUT2D eigenvalue weighted by Gasteiger charge is -2.10. The number of rotatable bonds is 5. The molecule has 0 heterocycles.